The molecule has 0 unspecified atom stereocenters. The van der Waals surface area contributed by atoms with Gasteiger partial charge in [0, 0.05) is 0 Å². The molecule has 0 amide bonds. The fraction of sp³-hybridized carbons (Fsp3) is 0.600. The second-order valence-corrected chi connectivity index (χ2v) is 2.70. The van der Waals surface area contributed by atoms with Gasteiger partial charge in [-0.05, 0) is 39.7 Å². The van der Waals surface area contributed by atoms with Crippen molar-refractivity contribution in [2.75, 3.05) is 0 Å². The lowest BCUT2D eigenvalue weighted by Gasteiger charge is -2.01. The molecule has 0 N–H and O–H groups in total. The fourth-order valence-electron chi connectivity index (χ4n) is 0.640. The van der Waals surface area contributed by atoms with Crippen LogP contribution in [0, 0.1) is 0 Å². The van der Waals surface area contributed by atoms with Crippen LogP contribution in [0.4, 0.5) is 0 Å². The molecule has 0 spiro atoms. The Hall–Kier alpha value is -0.720. The van der Waals surface area contributed by atoms with Gasteiger partial charge in [0.2, 0.25) is 0 Å². The minimum absolute atomic E-state index is 0.299. The lowest BCUT2D eigenvalue weighted by atomic mass is 10.3. The van der Waals surface area contributed by atoms with Crippen molar-refractivity contribution in [2.45, 2.75) is 39.7 Å². The number of rotatable bonds is 5. The van der Waals surface area contributed by atoms with Crippen LogP contribution in [-0.4, -0.2) is 6.10 Å². The summed E-state index contributed by atoms with van der Waals surface area (Å²) in [5.41, 5.74) is 0. The molecule has 0 aromatic rings. The van der Waals surface area contributed by atoms with E-state index < -0.39 is 0 Å². The van der Waals surface area contributed by atoms with Gasteiger partial charge < -0.3 is 4.74 Å². The highest BCUT2D eigenvalue weighted by Gasteiger charge is 1.84. The summed E-state index contributed by atoms with van der Waals surface area (Å²) < 4.78 is 5.22. The first-order valence-electron chi connectivity index (χ1n) is 4.19. The number of allylic oxidation sites excluding steroid dienone is 3. The van der Waals surface area contributed by atoms with E-state index in [4.69, 9.17) is 4.74 Å². The van der Waals surface area contributed by atoms with Crippen molar-refractivity contribution < 1.29 is 4.74 Å². The first kappa shape index (κ1) is 10.3. The summed E-state index contributed by atoms with van der Waals surface area (Å²) in [6, 6.07) is 0. The van der Waals surface area contributed by atoms with Crippen molar-refractivity contribution in [3.05, 3.63) is 24.5 Å². The van der Waals surface area contributed by atoms with Gasteiger partial charge in [-0.2, -0.15) is 0 Å². The zero-order chi connectivity index (χ0) is 8.53. The van der Waals surface area contributed by atoms with Gasteiger partial charge in [0.05, 0.1) is 12.4 Å². The molecule has 0 radical (unpaired) electrons. The second kappa shape index (κ2) is 7.39. The Morgan fingerprint density at radius 1 is 1.18 bits per heavy atom. The topological polar surface area (TPSA) is 9.23 Å². The summed E-state index contributed by atoms with van der Waals surface area (Å²) in [7, 11) is 0. The molecule has 0 aliphatic heterocycles. The Balaban J connectivity index is 3.16. The van der Waals surface area contributed by atoms with Crippen LogP contribution in [0.2, 0.25) is 0 Å². The zero-order valence-electron chi connectivity index (χ0n) is 7.71. The maximum Gasteiger partial charge on any atom is 0.0922 e. The molecule has 1 heteroatoms. The molecule has 0 saturated carbocycles. The van der Waals surface area contributed by atoms with E-state index in [2.05, 4.69) is 18.2 Å². The van der Waals surface area contributed by atoms with E-state index in [1.807, 2.05) is 20.8 Å². The minimum atomic E-state index is 0.299. The van der Waals surface area contributed by atoms with Gasteiger partial charge in [-0.25, -0.2) is 0 Å². The monoisotopic (exact) mass is 154 g/mol. The highest BCUT2D eigenvalue weighted by atomic mass is 16.5. The third-order valence-corrected chi connectivity index (χ3v) is 1.18. The minimum Gasteiger partial charge on any atom is -0.499 e. The van der Waals surface area contributed by atoms with Crippen LogP contribution in [0.5, 0.6) is 0 Å². The lowest BCUT2D eigenvalue weighted by Crippen LogP contribution is -1.94. The molecule has 0 bridgehead atoms. The Morgan fingerprint density at radius 2 is 1.82 bits per heavy atom. The lowest BCUT2D eigenvalue weighted by molar-refractivity contribution is 0.178. The van der Waals surface area contributed by atoms with Gasteiger partial charge >= 0.3 is 0 Å². The van der Waals surface area contributed by atoms with E-state index in [1.54, 1.807) is 6.26 Å². The molecule has 0 fully saturated rings. The van der Waals surface area contributed by atoms with Gasteiger partial charge in [0.25, 0.3) is 0 Å². The summed E-state index contributed by atoms with van der Waals surface area (Å²) in [5, 5.41) is 0. The number of ether oxygens (including phenoxy) is 1. The SMILES string of the molecule is C/C=C/CC/C=C/OC(C)C. The molecule has 0 atom stereocenters. The van der Waals surface area contributed by atoms with E-state index >= 15 is 0 Å². The molecular formula is C10H18O. The van der Waals surface area contributed by atoms with Gasteiger partial charge in [0.1, 0.15) is 0 Å². The maximum absolute atomic E-state index is 5.22. The second-order valence-electron chi connectivity index (χ2n) is 2.70. The normalized spacial score (nSPS) is 12.0. The van der Waals surface area contributed by atoms with Crippen LogP contribution >= 0.6 is 0 Å². The van der Waals surface area contributed by atoms with Crippen molar-refractivity contribution in [3.63, 3.8) is 0 Å². The molecule has 1 nitrogen and oxygen atoms in total. The fourth-order valence-corrected chi connectivity index (χ4v) is 0.640. The van der Waals surface area contributed by atoms with Crippen LogP contribution in [0.1, 0.15) is 33.6 Å². The summed E-state index contributed by atoms with van der Waals surface area (Å²) in [6.07, 6.45) is 10.5. The van der Waals surface area contributed by atoms with Crippen molar-refractivity contribution >= 4 is 0 Å². The van der Waals surface area contributed by atoms with Crippen LogP contribution < -0.4 is 0 Å². The van der Waals surface area contributed by atoms with Crippen molar-refractivity contribution in [3.8, 4) is 0 Å². The molecule has 0 aliphatic rings. The largest absolute Gasteiger partial charge is 0.499 e. The maximum atomic E-state index is 5.22. The first-order chi connectivity index (χ1) is 5.27. The first-order valence-corrected chi connectivity index (χ1v) is 4.19. The Morgan fingerprint density at radius 3 is 2.36 bits per heavy atom. The van der Waals surface area contributed by atoms with E-state index in [1.165, 1.54) is 0 Å². The van der Waals surface area contributed by atoms with Crippen molar-refractivity contribution in [1.29, 1.82) is 0 Å². The summed E-state index contributed by atoms with van der Waals surface area (Å²) >= 11 is 0. The van der Waals surface area contributed by atoms with Crippen LogP contribution in [0.15, 0.2) is 24.5 Å². The Bertz CT molecular complexity index is 123. The molecule has 0 aromatic heterocycles. The van der Waals surface area contributed by atoms with Crippen molar-refractivity contribution in [2.24, 2.45) is 0 Å². The van der Waals surface area contributed by atoms with Gasteiger partial charge in [0.15, 0.2) is 0 Å². The number of hydrogen-bond acceptors (Lipinski definition) is 1. The average molecular weight is 154 g/mol. The van der Waals surface area contributed by atoms with E-state index in [0.717, 1.165) is 12.8 Å². The smallest absolute Gasteiger partial charge is 0.0922 e. The third kappa shape index (κ3) is 9.28. The van der Waals surface area contributed by atoms with E-state index in [9.17, 15) is 0 Å². The van der Waals surface area contributed by atoms with Crippen LogP contribution in [0.3, 0.4) is 0 Å². The highest BCUT2D eigenvalue weighted by molar-refractivity contribution is 4.82. The molecule has 11 heavy (non-hydrogen) atoms. The van der Waals surface area contributed by atoms with Crippen LogP contribution in [0.25, 0.3) is 0 Å². The number of hydrogen-bond donors (Lipinski definition) is 0. The number of unbranched alkanes of at least 4 members (excludes halogenated alkanes) is 1. The Kier molecular flexibility index (Phi) is 6.90. The predicted octanol–water partition coefficient (Wildman–Crippen LogP) is 3.28. The average Bonchev–Trinajstić information content (AvgIpc) is 1.96. The predicted molar refractivity (Wildman–Crippen MR) is 49.4 cm³/mol. The molecule has 0 aliphatic carbocycles. The summed E-state index contributed by atoms with van der Waals surface area (Å²) in [5.74, 6) is 0. The molecular weight excluding hydrogens is 136 g/mol. The van der Waals surface area contributed by atoms with Gasteiger partial charge in [-0.3, -0.25) is 0 Å². The molecule has 0 rings (SSSR count). The Labute approximate surface area is 69.8 Å². The van der Waals surface area contributed by atoms with Crippen LogP contribution in [-0.2, 0) is 4.74 Å². The standard InChI is InChI=1S/C10H18O/c1-4-5-6-7-8-9-11-10(2)3/h4-5,8-10H,6-7H2,1-3H3/b5-4+,9-8+. The molecule has 0 saturated heterocycles. The van der Waals surface area contributed by atoms with Crippen molar-refractivity contribution in [1.82, 2.24) is 0 Å². The van der Waals surface area contributed by atoms with E-state index in [-0.39, 0.29) is 0 Å². The molecule has 64 valence electrons. The summed E-state index contributed by atoms with van der Waals surface area (Å²) in [6.45, 7) is 6.08. The summed E-state index contributed by atoms with van der Waals surface area (Å²) in [4.78, 5) is 0. The molecule has 0 aromatic carbocycles. The zero-order valence-corrected chi connectivity index (χ0v) is 7.71. The van der Waals surface area contributed by atoms with Gasteiger partial charge in [-0.1, -0.05) is 12.2 Å². The quantitative estimate of drug-likeness (QED) is 0.335. The molecule has 0 heterocycles. The van der Waals surface area contributed by atoms with Gasteiger partial charge in [-0.15, -0.1) is 0 Å². The van der Waals surface area contributed by atoms with E-state index in [0.29, 0.717) is 6.10 Å². The third-order valence-electron chi connectivity index (χ3n) is 1.18. The highest BCUT2D eigenvalue weighted by Crippen LogP contribution is 1.94.